The fraction of sp³-hybridized carbons (Fsp3) is 0.368. The van der Waals surface area contributed by atoms with Gasteiger partial charge in [0.25, 0.3) is 12.0 Å². The van der Waals surface area contributed by atoms with Gasteiger partial charge in [-0.05, 0) is 31.0 Å². The molecule has 0 saturated heterocycles. The minimum Gasteiger partial charge on any atom is -0.371 e. The number of anilines is 1. The van der Waals surface area contributed by atoms with Crippen LogP contribution >= 0.6 is 0 Å². The third kappa shape index (κ3) is 4.60. The first-order valence-electron chi connectivity index (χ1n) is 8.79. The molecule has 1 heterocycles. The van der Waals surface area contributed by atoms with E-state index in [2.05, 4.69) is 5.32 Å². The average molecular weight is 395 g/mol. The number of pyridine rings is 1. The second-order valence-corrected chi connectivity index (χ2v) is 6.66. The van der Waals surface area contributed by atoms with Crippen LogP contribution in [-0.2, 0) is 9.53 Å². The maximum Gasteiger partial charge on any atom is 0.261 e. The van der Waals surface area contributed by atoms with Gasteiger partial charge in [0, 0.05) is 30.3 Å². The number of carbonyl (C=O) groups excluding carboxylic acids is 1. The Morgan fingerprint density at radius 1 is 1.29 bits per heavy atom. The van der Waals surface area contributed by atoms with E-state index in [0.717, 1.165) is 6.07 Å². The second-order valence-electron chi connectivity index (χ2n) is 6.66. The number of carbonyl (C=O) groups is 1. The van der Waals surface area contributed by atoms with Crippen molar-refractivity contribution in [1.82, 2.24) is 4.57 Å². The minimum atomic E-state index is -2.61. The highest BCUT2D eigenvalue weighted by Crippen LogP contribution is 2.29. The fourth-order valence-electron chi connectivity index (χ4n) is 3.26. The molecule has 3 rings (SSSR count). The van der Waals surface area contributed by atoms with Crippen molar-refractivity contribution in [3.05, 3.63) is 58.8 Å². The van der Waals surface area contributed by atoms with Gasteiger partial charge in [0.15, 0.2) is 0 Å². The van der Waals surface area contributed by atoms with Gasteiger partial charge in [0.05, 0.1) is 17.5 Å². The molecule has 28 heavy (non-hydrogen) atoms. The smallest absolute Gasteiger partial charge is 0.261 e. The number of rotatable bonds is 6. The molecule has 1 aliphatic rings. The number of nitrogens with zero attached hydrogens (tertiary/aromatic N) is 1. The van der Waals surface area contributed by atoms with Gasteiger partial charge >= 0.3 is 0 Å². The number of aromatic nitrogens is 1. The van der Waals surface area contributed by atoms with Crippen LogP contribution in [0.25, 0.3) is 5.69 Å². The van der Waals surface area contributed by atoms with Gasteiger partial charge in [-0.25, -0.2) is 13.2 Å². The molecule has 1 fully saturated rings. The zero-order valence-electron chi connectivity index (χ0n) is 14.9. The van der Waals surface area contributed by atoms with Crippen molar-refractivity contribution < 1.29 is 22.7 Å². The van der Waals surface area contributed by atoms with Crippen molar-refractivity contribution in [3.8, 4) is 5.69 Å². The maximum absolute atomic E-state index is 14.4. The molecule has 3 N–H and O–H groups in total. The van der Waals surface area contributed by atoms with Crippen LogP contribution in [0.1, 0.15) is 12.8 Å². The number of alkyl halides is 2. The molecule has 3 atom stereocenters. The highest BCUT2D eigenvalue weighted by molar-refractivity contribution is 5.93. The molecular weight excluding hydrogens is 375 g/mol. The van der Waals surface area contributed by atoms with Crippen LogP contribution in [0.3, 0.4) is 0 Å². The number of nitrogens with one attached hydrogen (secondary N) is 1. The molecule has 0 spiro atoms. The van der Waals surface area contributed by atoms with Gasteiger partial charge in [0.2, 0.25) is 5.91 Å². The van der Waals surface area contributed by atoms with Crippen molar-refractivity contribution >= 4 is 11.6 Å². The van der Waals surface area contributed by atoms with Gasteiger partial charge in [-0.1, -0.05) is 6.07 Å². The van der Waals surface area contributed by atoms with E-state index in [0.29, 0.717) is 5.69 Å². The first kappa shape index (κ1) is 20.1. The third-order valence-electron chi connectivity index (χ3n) is 4.67. The van der Waals surface area contributed by atoms with E-state index in [9.17, 15) is 22.8 Å². The third-order valence-corrected chi connectivity index (χ3v) is 4.67. The first-order chi connectivity index (χ1) is 13.3. The zero-order valence-corrected chi connectivity index (χ0v) is 14.9. The SMILES string of the molecule is N[C@H]1C[C@@H](C(=O)Nc2ccc(-n3ccccc3=O)cc2F)C[C@@H]1OCC(F)F. The van der Waals surface area contributed by atoms with E-state index < -0.39 is 42.8 Å². The van der Waals surface area contributed by atoms with Crippen LogP contribution in [0, 0.1) is 11.7 Å². The van der Waals surface area contributed by atoms with Crippen molar-refractivity contribution in [1.29, 1.82) is 0 Å². The van der Waals surface area contributed by atoms with E-state index in [-0.39, 0.29) is 24.1 Å². The lowest BCUT2D eigenvalue weighted by molar-refractivity contribution is -0.120. The van der Waals surface area contributed by atoms with Crippen molar-refractivity contribution in [3.63, 3.8) is 0 Å². The number of halogens is 3. The molecule has 1 aromatic carbocycles. The number of hydrogen-bond donors (Lipinski definition) is 2. The van der Waals surface area contributed by atoms with Crippen LogP contribution in [0.2, 0.25) is 0 Å². The topological polar surface area (TPSA) is 86.4 Å². The van der Waals surface area contributed by atoms with E-state index in [4.69, 9.17) is 10.5 Å². The highest BCUT2D eigenvalue weighted by Gasteiger charge is 2.37. The maximum atomic E-state index is 14.4. The van der Waals surface area contributed by atoms with Crippen LogP contribution in [-0.4, -0.2) is 35.7 Å². The van der Waals surface area contributed by atoms with Crippen LogP contribution in [0.5, 0.6) is 0 Å². The number of ether oxygens (including phenoxy) is 1. The largest absolute Gasteiger partial charge is 0.371 e. The Balaban J connectivity index is 1.66. The van der Waals surface area contributed by atoms with Crippen LogP contribution in [0.15, 0.2) is 47.4 Å². The van der Waals surface area contributed by atoms with Gasteiger partial charge in [-0.2, -0.15) is 0 Å². The first-order valence-corrected chi connectivity index (χ1v) is 8.79. The molecule has 0 radical (unpaired) electrons. The lowest BCUT2D eigenvalue weighted by Crippen LogP contribution is -2.32. The molecular formula is C19H20F3N3O3. The Morgan fingerprint density at radius 2 is 2.07 bits per heavy atom. The van der Waals surface area contributed by atoms with Gasteiger partial charge in [-0.15, -0.1) is 0 Å². The number of benzene rings is 1. The monoisotopic (exact) mass is 395 g/mol. The lowest BCUT2D eigenvalue weighted by atomic mass is 10.1. The normalized spacial score (nSPS) is 21.8. The molecule has 1 amide bonds. The highest BCUT2D eigenvalue weighted by atomic mass is 19.3. The fourth-order valence-corrected chi connectivity index (χ4v) is 3.26. The lowest BCUT2D eigenvalue weighted by Gasteiger charge is -2.15. The van der Waals surface area contributed by atoms with E-state index in [1.54, 1.807) is 12.1 Å². The standard InChI is InChI=1S/C19H20F3N3O3/c20-13-9-12(25-6-2-1-3-18(25)26)4-5-15(13)24-19(27)11-7-14(23)16(8-11)28-10-17(21)22/h1-6,9,11,14,16-17H,7-8,10,23H2,(H,24,27)/t11-,14+,16+/m1/s1. The summed E-state index contributed by atoms with van der Waals surface area (Å²) in [6.45, 7) is -0.734. The average Bonchev–Trinajstić information content (AvgIpc) is 3.03. The Hall–Kier alpha value is -2.65. The molecule has 6 nitrogen and oxygen atoms in total. The summed E-state index contributed by atoms with van der Waals surface area (Å²) in [5.74, 6) is -1.72. The molecule has 0 aliphatic heterocycles. The summed E-state index contributed by atoms with van der Waals surface area (Å²) in [7, 11) is 0. The van der Waals surface area contributed by atoms with Gasteiger partial charge in [-0.3, -0.25) is 14.2 Å². The Kier molecular flexibility index (Phi) is 6.15. The zero-order chi connectivity index (χ0) is 20.3. The molecule has 1 aromatic heterocycles. The molecule has 150 valence electrons. The Bertz CT molecular complexity index is 903. The molecule has 2 aromatic rings. The molecule has 1 saturated carbocycles. The summed E-state index contributed by atoms with van der Waals surface area (Å²) < 4.78 is 45.3. The number of amides is 1. The van der Waals surface area contributed by atoms with Crippen molar-refractivity contribution in [2.24, 2.45) is 11.7 Å². The summed E-state index contributed by atoms with van der Waals surface area (Å²) in [5, 5.41) is 2.49. The van der Waals surface area contributed by atoms with E-state index >= 15 is 0 Å². The second kappa shape index (κ2) is 8.57. The molecule has 9 heteroatoms. The Labute approximate surface area is 159 Å². The van der Waals surface area contributed by atoms with Gasteiger partial charge in [0.1, 0.15) is 12.4 Å². The van der Waals surface area contributed by atoms with Crippen molar-refractivity contribution in [2.45, 2.75) is 31.4 Å². The quantitative estimate of drug-likeness (QED) is 0.786. The summed E-state index contributed by atoms with van der Waals surface area (Å²) in [5.41, 5.74) is 5.83. The Morgan fingerprint density at radius 3 is 2.75 bits per heavy atom. The summed E-state index contributed by atoms with van der Waals surface area (Å²) in [4.78, 5) is 24.2. The molecule has 0 unspecified atom stereocenters. The van der Waals surface area contributed by atoms with E-state index in [1.165, 1.54) is 29.0 Å². The molecule has 1 aliphatic carbocycles. The summed E-state index contributed by atoms with van der Waals surface area (Å²) in [6, 6.07) is 8.05. The summed E-state index contributed by atoms with van der Waals surface area (Å²) >= 11 is 0. The number of nitrogens with two attached hydrogens (primary N) is 1. The van der Waals surface area contributed by atoms with Gasteiger partial charge < -0.3 is 15.8 Å². The van der Waals surface area contributed by atoms with Crippen LogP contribution in [0.4, 0.5) is 18.9 Å². The molecule has 0 bridgehead atoms. The predicted molar refractivity (Wildman–Crippen MR) is 97.1 cm³/mol. The summed E-state index contributed by atoms with van der Waals surface area (Å²) in [6.07, 6.45) is -1.28. The van der Waals surface area contributed by atoms with E-state index in [1.807, 2.05) is 0 Å². The van der Waals surface area contributed by atoms with Crippen molar-refractivity contribution in [2.75, 3.05) is 11.9 Å². The predicted octanol–water partition coefficient (Wildman–Crippen LogP) is 2.30. The minimum absolute atomic E-state index is 0.0387. The van der Waals surface area contributed by atoms with Crippen LogP contribution < -0.4 is 16.6 Å². The number of hydrogen-bond acceptors (Lipinski definition) is 4.